The van der Waals surface area contributed by atoms with Gasteiger partial charge >= 0.3 is 0 Å². The summed E-state index contributed by atoms with van der Waals surface area (Å²) in [4.78, 5) is 13.5. The van der Waals surface area contributed by atoms with Gasteiger partial charge in [-0.25, -0.2) is 4.79 Å². The molecule has 0 saturated heterocycles. The summed E-state index contributed by atoms with van der Waals surface area (Å²) in [5.74, 6) is 0.821. The Hall–Kier alpha value is -1.60. The van der Waals surface area contributed by atoms with E-state index in [0.717, 1.165) is 11.3 Å². The maximum atomic E-state index is 9.94. The molecule has 0 aliphatic carbocycles. The average molecular weight is 161 g/mol. The zero-order chi connectivity index (χ0) is 8.39. The zero-order valence-corrected chi connectivity index (χ0v) is 6.36. The van der Waals surface area contributed by atoms with E-state index >= 15 is 0 Å². The molecule has 12 heavy (non-hydrogen) atoms. The summed E-state index contributed by atoms with van der Waals surface area (Å²) in [6.45, 7) is 0. The Morgan fingerprint density at radius 2 is 2.33 bits per heavy atom. The van der Waals surface area contributed by atoms with Crippen molar-refractivity contribution in [3.8, 4) is 5.75 Å². The summed E-state index contributed by atoms with van der Waals surface area (Å²) in [7, 11) is 0. The number of aliphatic imine (C=N–C) groups is 1. The molecule has 1 atom stereocenters. The molecule has 1 aliphatic rings. The fourth-order valence-electron chi connectivity index (χ4n) is 1.29. The van der Waals surface area contributed by atoms with Crippen molar-refractivity contribution in [3.63, 3.8) is 0 Å². The molecule has 3 nitrogen and oxygen atoms in total. The van der Waals surface area contributed by atoms with Crippen LogP contribution in [0.3, 0.4) is 0 Å². The normalized spacial score (nSPS) is 19.2. The molecular formula is C9H7NO2. The van der Waals surface area contributed by atoms with Crippen LogP contribution in [0, 0.1) is 0 Å². The van der Waals surface area contributed by atoms with Crippen LogP contribution in [-0.4, -0.2) is 12.3 Å². The Morgan fingerprint density at radius 3 is 3.08 bits per heavy atom. The van der Waals surface area contributed by atoms with Crippen LogP contribution in [0.15, 0.2) is 29.3 Å². The minimum atomic E-state index is -0.361. The number of nitrogens with zero attached hydrogens (tertiary/aromatic N) is 1. The lowest BCUT2D eigenvalue weighted by Gasteiger charge is -2.00. The Balaban J connectivity index is 2.27. The first kappa shape index (κ1) is 7.07. The van der Waals surface area contributed by atoms with E-state index in [4.69, 9.17) is 4.74 Å². The van der Waals surface area contributed by atoms with Gasteiger partial charge in [0.2, 0.25) is 12.3 Å². The minimum absolute atomic E-state index is 0.361. The Bertz CT molecular complexity index is 317. The van der Waals surface area contributed by atoms with Gasteiger partial charge < -0.3 is 4.74 Å². The molecule has 0 unspecified atom stereocenters. The second kappa shape index (κ2) is 2.80. The fourth-order valence-corrected chi connectivity index (χ4v) is 1.29. The molecule has 0 radical (unpaired) electrons. The number of benzene rings is 1. The van der Waals surface area contributed by atoms with Crippen molar-refractivity contribution in [2.75, 3.05) is 0 Å². The number of fused-ring (bicyclic) bond motifs is 1. The van der Waals surface area contributed by atoms with Gasteiger partial charge in [0, 0.05) is 6.42 Å². The number of carbonyl (C=O) groups excluding carboxylic acids is 1. The number of ether oxygens (including phenoxy) is 1. The molecule has 1 aliphatic heterocycles. The molecule has 60 valence electrons. The standard InChI is InChI=1S/C9H7NO2/c11-6-10-9-5-7-3-1-2-4-8(7)12-9/h1-4,9H,5H2/t9-/m1/s1. The maximum Gasteiger partial charge on any atom is 0.238 e. The lowest BCUT2D eigenvalue weighted by Crippen LogP contribution is -2.08. The number of isocyanates is 1. The quantitative estimate of drug-likeness (QED) is 0.459. The van der Waals surface area contributed by atoms with E-state index < -0.39 is 0 Å². The number of rotatable bonds is 1. The highest BCUT2D eigenvalue weighted by Crippen LogP contribution is 2.28. The summed E-state index contributed by atoms with van der Waals surface area (Å²) in [5.41, 5.74) is 1.10. The molecule has 0 bridgehead atoms. The van der Waals surface area contributed by atoms with Crippen molar-refractivity contribution in [1.82, 2.24) is 0 Å². The molecule has 0 amide bonds. The summed E-state index contributed by atoms with van der Waals surface area (Å²) in [6.07, 6.45) is 1.81. The first-order valence-corrected chi connectivity index (χ1v) is 3.71. The van der Waals surface area contributed by atoms with Crippen LogP contribution in [0.25, 0.3) is 0 Å². The van der Waals surface area contributed by atoms with Crippen molar-refractivity contribution in [3.05, 3.63) is 29.8 Å². The van der Waals surface area contributed by atoms with Gasteiger partial charge in [-0.1, -0.05) is 18.2 Å². The van der Waals surface area contributed by atoms with E-state index in [1.807, 2.05) is 24.3 Å². The van der Waals surface area contributed by atoms with Gasteiger partial charge in [0.05, 0.1) is 0 Å². The molecular weight excluding hydrogens is 154 g/mol. The fraction of sp³-hybridized carbons (Fsp3) is 0.222. The molecule has 0 spiro atoms. The lowest BCUT2D eigenvalue weighted by atomic mass is 10.2. The molecule has 3 heteroatoms. The van der Waals surface area contributed by atoms with Gasteiger partial charge in [-0.2, -0.15) is 4.99 Å². The number of para-hydroxylation sites is 1. The van der Waals surface area contributed by atoms with Crippen LogP contribution in [0.2, 0.25) is 0 Å². The van der Waals surface area contributed by atoms with Crippen molar-refractivity contribution >= 4 is 6.08 Å². The lowest BCUT2D eigenvalue weighted by molar-refractivity contribution is 0.243. The Kier molecular flexibility index (Phi) is 1.65. The second-order valence-electron chi connectivity index (χ2n) is 2.60. The summed E-state index contributed by atoms with van der Waals surface area (Å²) < 4.78 is 5.32. The van der Waals surface area contributed by atoms with Crippen molar-refractivity contribution in [2.24, 2.45) is 4.99 Å². The molecule has 0 N–H and O–H groups in total. The highest BCUT2D eigenvalue weighted by Gasteiger charge is 2.20. The topological polar surface area (TPSA) is 38.7 Å². The van der Waals surface area contributed by atoms with Crippen molar-refractivity contribution < 1.29 is 9.53 Å². The van der Waals surface area contributed by atoms with Crippen LogP contribution in [0.5, 0.6) is 5.75 Å². The molecule has 0 aromatic heterocycles. The minimum Gasteiger partial charge on any atom is -0.467 e. The van der Waals surface area contributed by atoms with E-state index in [0.29, 0.717) is 6.42 Å². The van der Waals surface area contributed by atoms with E-state index in [2.05, 4.69) is 4.99 Å². The first-order valence-electron chi connectivity index (χ1n) is 3.71. The number of hydrogen-bond donors (Lipinski definition) is 0. The van der Waals surface area contributed by atoms with Gasteiger partial charge in [0.15, 0.2) is 0 Å². The van der Waals surface area contributed by atoms with E-state index in [1.54, 1.807) is 0 Å². The SMILES string of the molecule is O=C=N[C@H]1Cc2ccccc2O1. The van der Waals surface area contributed by atoms with E-state index in [1.165, 1.54) is 6.08 Å². The Morgan fingerprint density at radius 1 is 1.50 bits per heavy atom. The predicted molar refractivity (Wildman–Crippen MR) is 42.7 cm³/mol. The van der Waals surface area contributed by atoms with E-state index in [-0.39, 0.29) is 6.23 Å². The summed E-state index contributed by atoms with van der Waals surface area (Å²) in [5, 5.41) is 0. The van der Waals surface area contributed by atoms with E-state index in [9.17, 15) is 4.79 Å². The molecule has 0 saturated carbocycles. The molecule has 0 fully saturated rings. The van der Waals surface area contributed by atoms with Crippen LogP contribution in [0.4, 0.5) is 0 Å². The summed E-state index contributed by atoms with van der Waals surface area (Å²) in [6, 6.07) is 7.67. The molecule has 1 aromatic rings. The smallest absolute Gasteiger partial charge is 0.238 e. The van der Waals surface area contributed by atoms with Crippen LogP contribution < -0.4 is 4.74 Å². The largest absolute Gasteiger partial charge is 0.467 e. The molecule has 1 aromatic carbocycles. The van der Waals surface area contributed by atoms with Gasteiger partial charge in [0.1, 0.15) is 5.75 Å². The third-order valence-electron chi connectivity index (χ3n) is 1.83. The van der Waals surface area contributed by atoms with Gasteiger partial charge in [-0.3, -0.25) is 0 Å². The highest BCUT2D eigenvalue weighted by molar-refractivity contribution is 5.39. The third-order valence-corrected chi connectivity index (χ3v) is 1.83. The van der Waals surface area contributed by atoms with Crippen molar-refractivity contribution in [1.29, 1.82) is 0 Å². The Labute approximate surface area is 69.7 Å². The van der Waals surface area contributed by atoms with Crippen LogP contribution >= 0.6 is 0 Å². The van der Waals surface area contributed by atoms with Gasteiger partial charge in [0.25, 0.3) is 0 Å². The third kappa shape index (κ3) is 1.11. The van der Waals surface area contributed by atoms with Crippen LogP contribution in [0.1, 0.15) is 5.56 Å². The molecule has 2 rings (SSSR count). The zero-order valence-electron chi connectivity index (χ0n) is 6.36. The van der Waals surface area contributed by atoms with Crippen LogP contribution in [-0.2, 0) is 11.2 Å². The second-order valence-corrected chi connectivity index (χ2v) is 2.60. The summed E-state index contributed by atoms with van der Waals surface area (Å²) >= 11 is 0. The predicted octanol–water partition coefficient (Wildman–Crippen LogP) is 1.28. The monoisotopic (exact) mass is 161 g/mol. The highest BCUT2D eigenvalue weighted by atomic mass is 16.5. The number of hydrogen-bond acceptors (Lipinski definition) is 3. The van der Waals surface area contributed by atoms with Crippen molar-refractivity contribution in [2.45, 2.75) is 12.6 Å². The first-order chi connectivity index (χ1) is 5.90. The maximum absolute atomic E-state index is 9.94. The molecule has 1 heterocycles. The van der Waals surface area contributed by atoms with Gasteiger partial charge in [-0.05, 0) is 11.6 Å². The van der Waals surface area contributed by atoms with Gasteiger partial charge in [-0.15, -0.1) is 0 Å². The average Bonchev–Trinajstić information content (AvgIpc) is 2.47.